The zero-order chi connectivity index (χ0) is 20.5. The van der Waals surface area contributed by atoms with Gasteiger partial charge in [-0.15, -0.1) is 10.2 Å². The van der Waals surface area contributed by atoms with E-state index in [4.69, 9.17) is 14.7 Å². The second-order valence-corrected chi connectivity index (χ2v) is 8.23. The summed E-state index contributed by atoms with van der Waals surface area (Å²) in [6.45, 7) is 0.810. The second-order valence-electron chi connectivity index (χ2n) is 5.99. The monoisotopic (exact) mass is 428 g/mol. The number of hydrogen-bond acceptors (Lipinski definition) is 9. The van der Waals surface area contributed by atoms with Gasteiger partial charge in [-0.1, -0.05) is 35.2 Å². The van der Waals surface area contributed by atoms with Crippen molar-refractivity contribution in [3.8, 4) is 17.6 Å². The Balaban J connectivity index is 1.39. The zero-order valence-corrected chi connectivity index (χ0v) is 17.4. The van der Waals surface area contributed by atoms with Gasteiger partial charge in [-0.3, -0.25) is 0 Å². The van der Waals surface area contributed by atoms with Gasteiger partial charge >= 0.3 is 0 Å². The molecule has 2 aromatic carbocycles. The predicted octanol–water partition coefficient (Wildman–Crippen LogP) is 3.56. The molecule has 1 heterocycles. The van der Waals surface area contributed by atoms with E-state index >= 15 is 0 Å². The quantitative estimate of drug-likeness (QED) is 0.473. The normalized spacial score (nSPS) is 11.5. The van der Waals surface area contributed by atoms with Crippen molar-refractivity contribution in [1.29, 1.82) is 5.26 Å². The third kappa shape index (κ3) is 6.64. The topological polar surface area (TPSA) is 100 Å². The SMILES string of the molecule is COc1ccc(CNc2nnc(SCC(O)COc3ccc(C#N)cc3)s2)cc1. The number of ether oxygens (including phenoxy) is 2. The average molecular weight is 429 g/mol. The fourth-order valence-corrected chi connectivity index (χ4v) is 3.97. The van der Waals surface area contributed by atoms with Crippen LogP contribution in [-0.2, 0) is 6.54 Å². The van der Waals surface area contributed by atoms with E-state index in [0.29, 0.717) is 23.6 Å². The summed E-state index contributed by atoms with van der Waals surface area (Å²) < 4.78 is 11.5. The number of anilines is 1. The molecule has 0 saturated carbocycles. The number of aliphatic hydroxyl groups is 1. The average Bonchev–Trinajstić information content (AvgIpc) is 3.23. The highest BCUT2D eigenvalue weighted by molar-refractivity contribution is 8.01. The van der Waals surface area contributed by atoms with E-state index < -0.39 is 6.10 Å². The Bertz CT molecular complexity index is 940. The van der Waals surface area contributed by atoms with Crippen LogP contribution in [0.25, 0.3) is 0 Å². The van der Waals surface area contributed by atoms with Gasteiger partial charge < -0.3 is 19.9 Å². The summed E-state index contributed by atoms with van der Waals surface area (Å²) in [6.07, 6.45) is -0.643. The van der Waals surface area contributed by atoms with Gasteiger partial charge in [0.1, 0.15) is 18.1 Å². The lowest BCUT2D eigenvalue weighted by Gasteiger charge is -2.11. The molecule has 1 aromatic heterocycles. The van der Waals surface area contributed by atoms with Crippen molar-refractivity contribution in [2.24, 2.45) is 0 Å². The van der Waals surface area contributed by atoms with Crippen LogP contribution in [0.5, 0.6) is 11.5 Å². The van der Waals surface area contributed by atoms with Crippen molar-refractivity contribution >= 4 is 28.2 Å². The summed E-state index contributed by atoms with van der Waals surface area (Å²) in [5, 5.41) is 31.1. The van der Waals surface area contributed by atoms with E-state index in [1.807, 2.05) is 24.3 Å². The fraction of sp³-hybridized carbons (Fsp3) is 0.250. The molecule has 0 bridgehead atoms. The summed E-state index contributed by atoms with van der Waals surface area (Å²) in [7, 11) is 1.64. The number of hydrogen-bond donors (Lipinski definition) is 2. The highest BCUT2D eigenvalue weighted by atomic mass is 32.2. The molecule has 1 unspecified atom stereocenters. The standard InChI is InChI=1S/C20H20N4O3S2/c1-26-17-6-4-15(5-7-17)11-22-19-23-24-20(29-19)28-13-16(25)12-27-18-8-2-14(10-21)3-9-18/h2-9,16,25H,11-13H2,1H3,(H,22,23). The molecular formula is C20H20N4O3S2. The minimum atomic E-state index is -0.643. The van der Waals surface area contributed by atoms with Crippen molar-refractivity contribution < 1.29 is 14.6 Å². The number of thioether (sulfide) groups is 1. The number of nitrogens with one attached hydrogen (secondary N) is 1. The second kappa shape index (κ2) is 10.7. The minimum Gasteiger partial charge on any atom is -0.497 e. The lowest BCUT2D eigenvalue weighted by Crippen LogP contribution is -2.20. The number of methoxy groups -OCH3 is 1. The lowest BCUT2D eigenvalue weighted by molar-refractivity contribution is 0.126. The third-order valence-electron chi connectivity index (χ3n) is 3.83. The number of aliphatic hydroxyl groups excluding tert-OH is 1. The van der Waals surface area contributed by atoms with Crippen LogP contribution in [-0.4, -0.2) is 40.9 Å². The molecule has 0 fully saturated rings. The van der Waals surface area contributed by atoms with Crippen molar-refractivity contribution in [1.82, 2.24) is 10.2 Å². The van der Waals surface area contributed by atoms with Crippen LogP contribution >= 0.6 is 23.1 Å². The third-order valence-corrected chi connectivity index (χ3v) is 5.99. The molecule has 1 atom stereocenters. The fourth-order valence-electron chi connectivity index (χ4n) is 2.29. The van der Waals surface area contributed by atoms with Gasteiger partial charge in [0.2, 0.25) is 5.13 Å². The summed E-state index contributed by atoms with van der Waals surface area (Å²) in [4.78, 5) is 0. The number of rotatable bonds is 10. The first kappa shape index (κ1) is 20.9. The Kier molecular flexibility index (Phi) is 7.69. The predicted molar refractivity (Wildman–Crippen MR) is 114 cm³/mol. The Morgan fingerprint density at radius 2 is 1.86 bits per heavy atom. The van der Waals surface area contributed by atoms with Gasteiger partial charge in [-0.05, 0) is 42.0 Å². The molecule has 0 radical (unpaired) electrons. The molecule has 29 heavy (non-hydrogen) atoms. The van der Waals surface area contributed by atoms with Gasteiger partial charge in [0, 0.05) is 12.3 Å². The number of nitriles is 1. The van der Waals surface area contributed by atoms with Crippen LogP contribution < -0.4 is 14.8 Å². The minimum absolute atomic E-state index is 0.167. The lowest BCUT2D eigenvalue weighted by atomic mass is 10.2. The number of benzene rings is 2. The molecule has 0 amide bonds. The molecule has 9 heteroatoms. The number of nitrogens with zero attached hydrogens (tertiary/aromatic N) is 3. The van der Waals surface area contributed by atoms with Gasteiger partial charge in [0.15, 0.2) is 4.34 Å². The van der Waals surface area contributed by atoms with E-state index in [0.717, 1.165) is 20.8 Å². The van der Waals surface area contributed by atoms with Gasteiger partial charge in [0.25, 0.3) is 0 Å². The molecule has 0 spiro atoms. The van der Waals surface area contributed by atoms with E-state index in [2.05, 4.69) is 21.6 Å². The molecule has 2 N–H and O–H groups in total. The highest BCUT2D eigenvalue weighted by Crippen LogP contribution is 2.26. The summed E-state index contributed by atoms with van der Waals surface area (Å²) >= 11 is 2.88. The van der Waals surface area contributed by atoms with Crippen molar-refractivity contribution in [2.75, 3.05) is 24.8 Å². The maximum atomic E-state index is 10.1. The van der Waals surface area contributed by atoms with Crippen molar-refractivity contribution in [3.05, 3.63) is 59.7 Å². The van der Waals surface area contributed by atoms with E-state index in [9.17, 15) is 5.11 Å². The molecule has 0 saturated heterocycles. The molecule has 3 rings (SSSR count). The number of aromatic nitrogens is 2. The molecule has 0 aliphatic rings. The summed E-state index contributed by atoms with van der Waals surface area (Å²) in [5.41, 5.74) is 1.69. The van der Waals surface area contributed by atoms with Gasteiger partial charge in [-0.25, -0.2) is 0 Å². The molecule has 0 aliphatic carbocycles. The van der Waals surface area contributed by atoms with E-state index in [-0.39, 0.29) is 6.61 Å². The smallest absolute Gasteiger partial charge is 0.206 e. The van der Waals surface area contributed by atoms with Crippen molar-refractivity contribution in [3.63, 3.8) is 0 Å². The first-order valence-corrected chi connectivity index (χ1v) is 10.6. The Labute approximate surface area is 177 Å². The summed E-state index contributed by atoms with van der Waals surface area (Å²) in [5.74, 6) is 1.89. The van der Waals surface area contributed by atoms with Crippen molar-refractivity contribution in [2.45, 2.75) is 17.0 Å². The first-order valence-electron chi connectivity index (χ1n) is 8.80. The largest absolute Gasteiger partial charge is 0.497 e. The highest BCUT2D eigenvalue weighted by Gasteiger charge is 2.10. The zero-order valence-electron chi connectivity index (χ0n) is 15.7. The van der Waals surface area contributed by atoms with Crippen LogP contribution in [0.4, 0.5) is 5.13 Å². The maximum absolute atomic E-state index is 10.1. The molecule has 7 nitrogen and oxygen atoms in total. The first-order chi connectivity index (χ1) is 14.2. The van der Waals surface area contributed by atoms with Gasteiger partial charge in [-0.2, -0.15) is 5.26 Å². The van der Waals surface area contributed by atoms with Gasteiger partial charge in [0.05, 0.1) is 24.8 Å². The summed E-state index contributed by atoms with van der Waals surface area (Å²) in [6, 6.07) is 16.7. The van der Waals surface area contributed by atoms with Crippen LogP contribution in [0.1, 0.15) is 11.1 Å². The van der Waals surface area contributed by atoms with Crippen LogP contribution in [0, 0.1) is 11.3 Å². The Hall–Kier alpha value is -2.80. The Morgan fingerprint density at radius 3 is 2.55 bits per heavy atom. The molecular weight excluding hydrogens is 408 g/mol. The van der Waals surface area contributed by atoms with E-state index in [1.54, 1.807) is 31.4 Å². The Morgan fingerprint density at radius 1 is 1.14 bits per heavy atom. The molecule has 150 valence electrons. The van der Waals surface area contributed by atoms with Crippen LogP contribution in [0.3, 0.4) is 0 Å². The molecule has 3 aromatic rings. The van der Waals surface area contributed by atoms with E-state index in [1.165, 1.54) is 23.1 Å². The maximum Gasteiger partial charge on any atom is 0.206 e. The molecule has 0 aliphatic heterocycles. The van der Waals surface area contributed by atoms with Crippen LogP contribution in [0.2, 0.25) is 0 Å². The van der Waals surface area contributed by atoms with Crippen LogP contribution in [0.15, 0.2) is 52.9 Å².